The molecular formula is C24H23N5. The Morgan fingerprint density at radius 1 is 0.862 bits per heavy atom. The van der Waals surface area contributed by atoms with E-state index in [9.17, 15) is 0 Å². The van der Waals surface area contributed by atoms with Crippen LogP contribution in [0.3, 0.4) is 0 Å². The van der Waals surface area contributed by atoms with E-state index in [1.807, 2.05) is 54.7 Å². The van der Waals surface area contributed by atoms with Crippen molar-refractivity contribution in [2.24, 2.45) is 0 Å². The number of anilines is 3. The topological polar surface area (TPSA) is 62.7 Å². The minimum Gasteiger partial charge on any atom is -0.366 e. The third-order valence-electron chi connectivity index (χ3n) is 4.84. The predicted molar refractivity (Wildman–Crippen MR) is 118 cm³/mol. The van der Waals surface area contributed by atoms with E-state index >= 15 is 0 Å². The maximum atomic E-state index is 4.75. The van der Waals surface area contributed by atoms with Crippen molar-refractivity contribution in [1.29, 1.82) is 0 Å². The zero-order chi connectivity index (χ0) is 20.1. The van der Waals surface area contributed by atoms with Crippen LogP contribution >= 0.6 is 0 Å². The highest BCUT2D eigenvalue weighted by molar-refractivity contribution is 5.67. The van der Waals surface area contributed by atoms with Crippen LogP contribution in [0.4, 0.5) is 17.5 Å². The molecule has 0 radical (unpaired) electrons. The maximum Gasteiger partial charge on any atom is 0.229 e. The minimum atomic E-state index is 0.564. The molecule has 5 heteroatoms. The molecule has 0 aliphatic heterocycles. The fourth-order valence-corrected chi connectivity index (χ4v) is 3.05. The largest absolute Gasteiger partial charge is 0.366 e. The second-order valence-corrected chi connectivity index (χ2v) is 6.92. The molecule has 4 aromatic rings. The third kappa shape index (κ3) is 4.58. The van der Waals surface area contributed by atoms with Crippen LogP contribution < -0.4 is 10.6 Å². The minimum absolute atomic E-state index is 0.564. The molecule has 0 bridgehead atoms. The van der Waals surface area contributed by atoms with Crippen molar-refractivity contribution in [2.45, 2.75) is 20.4 Å². The second-order valence-electron chi connectivity index (χ2n) is 6.92. The first-order chi connectivity index (χ1) is 14.2. The van der Waals surface area contributed by atoms with Crippen LogP contribution in [0.15, 0.2) is 79.1 Å². The van der Waals surface area contributed by atoms with Crippen LogP contribution in [-0.4, -0.2) is 15.0 Å². The van der Waals surface area contributed by atoms with E-state index in [1.165, 1.54) is 11.1 Å². The van der Waals surface area contributed by atoms with Gasteiger partial charge in [0.15, 0.2) is 0 Å². The van der Waals surface area contributed by atoms with E-state index in [4.69, 9.17) is 4.98 Å². The van der Waals surface area contributed by atoms with Crippen molar-refractivity contribution < 1.29 is 0 Å². The van der Waals surface area contributed by atoms with E-state index in [-0.39, 0.29) is 0 Å². The molecule has 2 heterocycles. The number of nitrogens with zero attached hydrogens (tertiary/aromatic N) is 3. The Morgan fingerprint density at radius 3 is 2.52 bits per heavy atom. The first-order valence-corrected chi connectivity index (χ1v) is 9.59. The molecule has 2 aromatic carbocycles. The van der Waals surface area contributed by atoms with Crippen molar-refractivity contribution in [1.82, 2.24) is 15.0 Å². The molecular weight excluding hydrogens is 358 g/mol. The second kappa shape index (κ2) is 8.52. The molecule has 2 N–H and O–H groups in total. The average molecular weight is 381 g/mol. The lowest BCUT2D eigenvalue weighted by molar-refractivity contribution is 1.07. The molecule has 144 valence electrons. The van der Waals surface area contributed by atoms with Crippen molar-refractivity contribution in [3.63, 3.8) is 0 Å². The van der Waals surface area contributed by atoms with Gasteiger partial charge in [-0.05, 0) is 42.7 Å². The van der Waals surface area contributed by atoms with Crippen LogP contribution in [0.2, 0.25) is 0 Å². The number of pyridine rings is 1. The van der Waals surface area contributed by atoms with Crippen molar-refractivity contribution in [3.05, 3.63) is 95.8 Å². The summed E-state index contributed by atoms with van der Waals surface area (Å²) in [6.45, 7) is 4.84. The Hall–Kier alpha value is -3.73. The highest BCUT2D eigenvalue weighted by Crippen LogP contribution is 2.25. The van der Waals surface area contributed by atoms with Gasteiger partial charge in [-0.1, -0.05) is 48.5 Å². The molecule has 29 heavy (non-hydrogen) atoms. The van der Waals surface area contributed by atoms with E-state index in [2.05, 4.69) is 52.6 Å². The fourth-order valence-electron chi connectivity index (χ4n) is 3.05. The summed E-state index contributed by atoms with van der Waals surface area (Å²) in [5, 5.41) is 6.78. The van der Waals surface area contributed by atoms with Gasteiger partial charge >= 0.3 is 0 Å². The molecule has 0 saturated heterocycles. The summed E-state index contributed by atoms with van der Waals surface area (Å²) in [7, 11) is 0. The highest BCUT2D eigenvalue weighted by Gasteiger charge is 2.09. The summed E-state index contributed by atoms with van der Waals surface area (Å²) in [6, 6.07) is 22.2. The number of benzene rings is 2. The lowest BCUT2D eigenvalue weighted by Crippen LogP contribution is -2.06. The summed E-state index contributed by atoms with van der Waals surface area (Å²) in [6.07, 6.45) is 3.62. The predicted octanol–water partition coefficient (Wildman–Crippen LogP) is 5.51. The Labute approximate surface area is 170 Å². The molecule has 0 aliphatic carbocycles. The normalized spacial score (nSPS) is 10.6. The lowest BCUT2D eigenvalue weighted by atomic mass is 10.1. The molecule has 0 atom stereocenters. The number of aryl methyl sites for hydroxylation is 1. The first-order valence-electron chi connectivity index (χ1n) is 9.59. The van der Waals surface area contributed by atoms with Crippen LogP contribution in [0.5, 0.6) is 0 Å². The number of aromatic nitrogens is 3. The van der Waals surface area contributed by atoms with Gasteiger partial charge in [-0.2, -0.15) is 4.98 Å². The summed E-state index contributed by atoms with van der Waals surface area (Å²) in [4.78, 5) is 13.6. The van der Waals surface area contributed by atoms with E-state index in [1.54, 1.807) is 6.20 Å². The molecule has 0 saturated carbocycles. The Morgan fingerprint density at radius 2 is 1.72 bits per heavy atom. The van der Waals surface area contributed by atoms with Gasteiger partial charge in [0.25, 0.3) is 0 Å². The number of rotatable bonds is 6. The first kappa shape index (κ1) is 18.6. The average Bonchev–Trinajstić information content (AvgIpc) is 2.77. The van der Waals surface area contributed by atoms with Gasteiger partial charge in [-0.15, -0.1) is 0 Å². The van der Waals surface area contributed by atoms with E-state index in [0.717, 1.165) is 28.3 Å². The van der Waals surface area contributed by atoms with Gasteiger partial charge in [-0.25, -0.2) is 4.98 Å². The zero-order valence-electron chi connectivity index (χ0n) is 16.6. The van der Waals surface area contributed by atoms with Gasteiger partial charge in [-0.3, -0.25) is 4.98 Å². The molecule has 4 rings (SSSR count). The van der Waals surface area contributed by atoms with Crippen molar-refractivity contribution in [2.75, 3.05) is 10.6 Å². The summed E-state index contributed by atoms with van der Waals surface area (Å²) in [5.74, 6) is 1.32. The molecule has 0 aliphatic rings. The van der Waals surface area contributed by atoms with Crippen molar-refractivity contribution in [3.8, 4) is 11.3 Å². The molecule has 0 unspecified atom stereocenters. The highest BCUT2D eigenvalue weighted by atomic mass is 15.1. The van der Waals surface area contributed by atoms with Gasteiger partial charge in [0.05, 0.1) is 5.69 Å². The Kier molecular flexibility index (Phi) is 5.47. The van der Waals surface area contributed by atoms with Crippen molar-refractivity contribution >= 4 is 17.5 Å². The lowest BCUT2D eigenvalue weighted by Gasteiger charge is -2.13. The van der Waals surface area contributed by atoms with Crippen LogP contribution in [0.1, 0.15) is 16.7 Å². The molecule has 0 spiro atoms. The summed E-state index contributed by atoms with van der Waals surface area (Å²) in [5.41, 5.74) is 6.42. The third-order valence-corrected chi connectivity index (χ3v) is 4.84. The summed E-state index contributed by atoms with van der Waals surface area (Å²) >= 11 is 0. The summed E-state index contributed by atoms with van der Waals surface area (Å²) < 4.78 is 0. The number of nitrogens with one attached hydrogen (secondary N) is 2. The Bertz CT molecular complexity index is 1090. The smallest absolute Gasteiger partial charge is 0.229 e. The fraction of sp³-hybridized carbons (Fsp3) is 0.125. The standard InChI is InChI=1S/C24H23N5/c1-17-8-6-12-21(18(17)2)27-24-28-22(20-10-4-3-5-11-20)14-23(29-24)26-16-19-9-7-13-25-15-19/h3-15H,16H2,1-2H3,(H2,26,27,28,29). The van der Waals surface area contributed by atoms with Gasteiger partial charge < -0.3 is 10.6 Å². The Balaban J connectivity index is 1.67. The monoisotopic (exact) mass is 381 g/mol. The molecule has 5 nitrogen and oxygen atoms in total. The van der Waals surface area contributed by atoms with Gasteiger partial charge in [0.2, 0.25) is 5.95 Å². The molecule has 2 aromatic heterocycles. The van der Waals surface area contributed by atoms with Crippen LogP contribution in [0, 0.1) is 13.8 Å². The van der Waals surface area contributed by atoms with Crippen LogP contribution in [-0.2, 0) is 6.54 Å². The van der Waals surface area contributed by atoms with E-state index < -0.39 is 0 Å². The quantitative estimate of drug-likeness (QED) is 0.461. The number of hydrogen-bond acceptors (Lipinski definition) is 5. The maximum absolute atomic E-state index is 4.75. The molecule has 0 fully saturated rings. The SMILES string of the molecule is Cc1cccc(Nc2nc(NCc3cccnc3)cc(-c3ccccc3)n2)c1C. The van der Waals surface area contributed by atoms with Gasteiger partial charge in [0.1, 0.15) is 5.82 Å². The van der Waals surface area contributed by atoms with Gasteiger partial charge in [0, 0.05) is 36.3 Å². The zero-order valence-corrected chi connectivity index (χ0v) is 16.6. The number of hydrogen-bond donors (Lipinski definition) is 2. The van der Waals surface area contributed by atoms with E-state index in [0.29, 0.717) is 12.5 Å². The van der Waals surface area contributed by atoms with Crippen LogP contribution in [0.25, 0.3) is 11.3 Å². The molecule has 0 amide bonds.